The molecule has 0 fully saturated rings. The number of amides is 1. The van der Waals surface area contributed by atoms with Gasteiger partial charge in [0, 0.05) is 23.0 Å². The van der Waals surface area contributed by atoms with Crippen LogP contribution in [0.2, 0.25) is 5.02 Å². The highest BCUT2D eigenvalue weighted by atomic mass is 35.5. The summed E-state index contributed by atoms with van der Waals surface area (Å²) in [5.41, 5.74) is 1.26. The largest absolute Gasteiger partial charge is 0.350 e. The second kappa shape index (κ2) is 8.08. The van der Waals surface area contributed by atoms with Gasteiger partial charge in [0.05, 0.1) is 11.1 Å². The maximum atomic E-state index is 13.2. The summed E-state index contributed by atoms with van der Waals surface area (Å²) in [7, 11) is 0. The molecule has 152 valence electrons. The lowest BCUT2D eigenvalue weighted by Gasteiger charge is -2.13. The van der Waals surface area contributed by atoms with Gasteiger partial charge in [0.2, 0.25) is 5.91 Å². The molecule has 1 amide bonds. The Labute approximate surface area is 175 Å². The molecular weight excluding hydrogens is 411 g/mol. The number of halogens is 2. The van der Waals surface area contributed by atoms with Crippen molar-refractivity contribution in [1.29, 1.82) is 0 Å². The first-order valence-corrected chi connectivity index (χ1v) is 9.44. The van der Waals surface area contributed by atoms with Gasteiger partial charge in [-0.3, -0.25) is 14.2 Å². The Hall–Kier alpha value is -3.52. The standard InChI is InChI=1S/C21H16ClFN4O3/c1-12-25-21(30-26-12)16-9-20(29)27(18-5-3-2-4-15(16)18)11-19(28)24-10-13-6-7-14(23)8-17(13)22/h2-9H,10-11H2,1H3,(H,24,28). The lowest BCUT2D eigenvalue weighted by atomic mass is 10.1. The van der Waals surface area contributed by atoms with Gasteiger partial charge < -0.3 is 9.84 Å². The number of nitrogens with one attached hydrogen (secondary N) is 1. The molecule has 0 saturated carbocycles. The van der Waals surface area contributed by atoms with E-state index in [0.29, 0.717) is 27.9 Å². The molecule has 2 aromatic heterocycles. The highest BCUT2D eigenvalue weighted by Gasteiger charge is 2.16. The molecule has 9 heteroatoms. The van der Waals surface area contributed by atoms with Crippen molar-refractivity contribution in [2.45, 2.75) is 20.0 Å². The molecule has 0 saturated heterocycles. The van der Waals surface area contributed by atoms with Gasteiger partial charge in [0.1, 0.15) is 12.4 Å². The number of aryl methyl sites for hydroxylation is 1. The van der Waals surface area contributed by atoms with Crippen LogP contribution in [0, 0.1) is 12.7 Å². The molecule has 0 aliphatic rings. The Bertz CT molecular complexity index is 1320. The molecule has 4 rings (SSSR count). The average molecular weight is 427 g/mol. The zero-order chi connectivity index (χ0) is 21.3. The molecule has 0 bridgehead atoms. The minimum atomic E-state index is -0.454. The van der Waals surface area contributed by atoms with Crippen molar-refractivity contribution < 1.29 is 13.7 Å². The van der Waals surface area contributed by atoms with E-state index in [0.717, 1.165) is 0 Å². The topological polar surface area (TPSA) is 90.0 Å². The fourth-order valence-corrected chi connectivity index (χ4v) is 3.37. The summed E-state index contributed by atoms with van der Waals surface area (Å²) in [4.78, 5) is 29.5. The van der Waals surface area contributed by atoms with Crippen LogP contribution in [0.15, 0.2) is 57.8 Å². The Kier molecular flexibility index (Phi) is 5.33. The number of carbonyl (C=O) groups is 1. The molecule has 2 aromatic carbocycles. The van der Waals surface area contributed by atoms with Gasteiger partial charge in [-0.1, -0.05) is 41.0 Å². The summed E-state index contributed by atoms with van der Waals surface area (Å²) in [5, 5.41) is 7.40. The fraction of sp³-hybridized carbons (Fsp3) is 0.143. The van der Waals surface area contributed by atoms with Crippen molar-refractivity contribution in [1.82, 2.24) is 20.0 Å². The summed E-state index contributed by atoms with van der Waals surface area (Å²) < 4.78 is 19.7. The first-order chi connectivity index (χ1) is 14.4. The average Bonchev–Trinajstić information content (AvgIpc) is 3.15. The van der Waals surface area contributed by atoms with E-state index in [1.54, 1.807) is 19.1 Å². The first kappa shape index (κ1) is 19.8. The van der Waals surface area contributed by atoms with Crippen LogP contribution in [0.3, 0.4) is 0 Å². The SMILES string of the molecule is Cc1noc(-c2cc(=O)n(CC(=O)NCc3ccc(F)cc3Cl)c3ccccc23)n1. The molecular formula is C21H16ClFN4O3. The molecule has 0 atom stereocenters. The summed E-state index contributed by atoms with van der Waals surface area (Å²) >= 11 is 5.99. The molecule has 0 aliphatic carbocycles. The van der Waals surface area contributed by atoms with Crippen LogP contribution in [-0.4, -0.2) is 20.6 Å². The number of rotatable bonds is 5. The monoisotopic (exact) mass is 426 g/mol. The van der Waals surface area contributed by atoms with Gasteiger partial charge in [0.25, 0.3) is 11.4 Å². The summed E-state index contributed by atoms with van der Waals surface area (Å²) in [5.74, 6) is -0.144. The summed E-state index contributed by atoms with van der Waals surface area (Å²) in [6.07, 6.45) is 0. The molecule has 0 unspecified atom stereocenters. The van der Waals surface area contributed by atoms with Crippen molar-refractivity contribution in [3.05, 3.63) is 81.1 Å². The van der Waals surface area contributed by atoms with Gasteiger partial charge >= 0.3 is 0 Å². The molecule has 0 radical (unpaired) electrons. The molecule has 0 aliphatic heterocycles. The number of fused-ring (bicyclic) bond motifs is 1. The normalized spacial score (nSPS) is 11.0. The van der Waals surface area contributed by atoms with E-state index in [4.69, 9.17) is 16.1 Å². The molecule has 2 heterocycles. The van der Waals surface area contributed by atoms with Crippen molar-refractivity contribution in [3.63, 3.8) is 0 Å². The number of benzene rings is 2. The van der Waals surface area contributed by atoms with E-state index < -0.39 is 5.82 Å². The van der Waals surface area contributed by atoms with Gasteiger partial charge in [-0.05, 0) is 30.7 Å². The van der Waals surface area contributed by atoms with Crippen LogP contribution in [0.25, 0.3) is 22.4 Å². The maximum absolute atomic E-state index is 13.2. The third-order valence-corrected chi connectivity index (χ3v) is 4.92. The number of hydrogen-bond donors (Lipinski definition) is 1. The van der Waals surface area contributed by atoms with Crippen molar-refractivity contribution in [3.8, 4) is 11.5 Å². The maximum Gasteiger partial charge on any atom is 0.258 e. The van der Waals surface area contributed by atoms with E-state index in [1.807, 2.05) is 12.1 Å². The zero-order valence-corrected chi connectivity index (χ0v) is 16.6. The van der Waals surface area contributed by atoms with Crippen LogP contribution in [0.1, 0.15) is 11.4 Å². The number of aromatic nitrogens is 3. The molecule has 7 nitrogen and oxygen atoms in total. The van der Waals surface area contributed by atoms with Crippen LogP contribution < -0.4 is 10.9 Å². The molecule has 30 heavy (non-hydrogen) atoms. The van der Waals surface area contributed by atoms with Crippen molar-refractivity contribution in [2.24, 2.45) is 0 Å². The van der Waals surface area contributed by atoms with E-state index in [-0.39, 0.29) is 35.5 Å². The molecule has 4 aromatic rings. The van der Waals surface area contributed by atoms with Crippen molar-refractivity contribution >= 4 is 28.4 Å². The quantitative estimate of drug-likeness (QED) is 0.527. The lowest BCUT2D eigenvalue weighted by Crippen LogP contribution is -2.32. The minimum absolute atomic E-state index is 0.115. The Morgan fingerprint density at radius 3 is 2.77 bits per heavy atom. The predicted octanol–water partition coefficient (Wildman–Crippen LogP) is 3.47. The first-order valence-electron chi connectivity index (χ1n) is 9.06. The number of para-hydroxylation sites is 1. The second-order valence-electron chi connectivity index (χ2n) is 6.66. The van der Waals surface area contributed by atoms with E-state index >= 15 is 0 Å². The Morgan fingerprint density at radius 2 is 2.03 bits per heavy atom. The van der Waals surface area contributed by atoms with Crippen molar-refractivity contribution in [2.75, 3.05) is 0 Å². The minimum Gasteiger partial charge on any atom is -0.350 e. The number of carbonyl (C=O) groups excluding carboxylic acids is 1. The van der Waals surface area contributed by atoms with Gasteiger partial charge in [0.15, 0.2) is 5.82 Å². The van der Waals surface area contributed by atoms with Crippen LogP contribution in [0.5, 0.6) is 0 Å². The highest BCUT2D eigenvalue weighted by molar-refractivity contribution is 6.31. The summed E-state index contributed by atoms with van der Waals surface area (Å²) in [6.45, 7) is 1.61. The van der Waals surface area contributed by atoms with Crippen LogP contribution in [-0.2, 0) is 17.9 Å². The Morgan fingerprint density at radius 1 is 1.23 bits per heavy atom. The molecule has 1 N–H and O–H groups in total. The predicted molar refractivity (Wildman–Crippen MR) is 109 cm³/mol. The number of pyridine rings is 1. The Balaban J connectivity index is 1.62. The third-order valence-electron chi connectivity index (χ3n) is 4.57. The highest BCUT2D eigenvalue weighted by Crippen LogP contribution is 2.26. The zero-order valence-electron chi connectivity index (χ0n) is 15.9. The van der Waals surface area contributed by atoms with Crippen LogP contribution >= 0.6 is 11.6 Å². The van der Waals surface area contributed by atoms with Gasteiger partial charge in [-0.15, -0.1) is 0 Å². The smallest absolute Gasteiger partial charge is 0.258 e. The third kappa shape index (κ3) is 3.95. The van der Waals surface area contributed by atoms with Gasteiger partial charge in [-0.2, -0.15) is 4.98 Å². The lowest BCUT2D eigenvalue weighted by molar-refractivity contribution is -0.121. The van der Waals surface area contributed by atoms with E-state index in [2.05, 4.69) is 15.5 Å². The fourth-order valence-electron chi connectivity index (χ4n) is 3.14. The second-order valence-corrected chi connectivity index (χ2v) is 7.07. The number of hydrogen-bond acceptors (Lipinski definition) is 5. The number of nitrogens with zero attached hydrogens (tertiary/aromatic N) is 3. The van der Waals surface area contributed by atoms with Gasteiger partial charge in [-0.25, -0.2) is 4.39 Å². The molecule has 0 spiro atoms. The van der Waals surface area contributed by atoms with Crippen LogP contribution in [0.4, 0.5) is 4.39 Å². The summed E-state index contributed by atoms with van der Waals surface area (Å²) in [6, 6.07) is 12.5. The van der Waals surface area contributed by atoms with E-state index in [1.165, 1.54) is 28.8 Å². The van der Waals surface area contributed by atoms with E-state index in [9.17, 15) is 14.0 Å².